The van der Waals surface area contributed by atoms with Gasteiger partial charge in [-0.15, -0.1) is 0 Å². The van der Waals surface area contributed by atoms with Gasteiger partial charge < -0.3 is 15.3 Å². The zero-order chi connectivity index (χ0) is 11.4. The molecule has 15 heavy (non-hydrogen) atoms. The van der Waals surface area contributed by atoms with Crippen LogP contribution in [-0.2, 0) is 14.4 Å². The Morgan fingerprint density at radius 2 is 2.47 bits per heavy atom. The van der Waals surface area contributed by atoms with Crippen molar-refractivity contribution in [1.29, 1.82) is 0 Å². The second-order valence-corrected chi connectivity index (χ2v) is 3.66. The van der Waals surface area contributed by atoms with Gasteiger partial charge >= 0.3 is 5.97 Å². The Hall–Kier alpha value is -1.30. The number of hydrogen-bond acceptors (Lipinski definition) is 4. The molecule has 2 N–H and O–H groups in total. The van der Waals surface area contributed by atoms with E-state index in [1.54, 1.807) is 0 Å². The number of nitrogens with one attached hydrogen (secondary N) is 1. The lowest BCUT2D eigenvalue weighted by atomic mass is 10.1. The minimum atomic E-state index is -1.10. The molecule has 6 nitrogen and oxygen atoms in total. The first-order valence-electron chi connectivity index (χ1n) is 4.37. The number of hydrogen-bond donors (Lipinski definition) is 2. The lowest BCUT2D eigenvalue weighted by molar-refractivity contribution is -0.142. The number of carboxylic acids is 1. The first-order chi connectivity index (χ1) is 6.99. The van der Waals surface area contributed by atoms with E-state index in [0.29, 0.717) is 11.6 Å². The molecule has 7 heteroatoms. The van der Waals surface area contributed by atoms with Crippen LogP contribution >= 0.6 is 11.6 Å². The average molecular weight is 235 g/mol. The van der Waals surface area contributed by atoms with Gasteiger partial charge in [0.05, 0.1) is 0 Å². The second kappa shape index (κ2) is 4.97. The molecule has 0 spiro atoms. The zero-order valence-corrected chi connectivity index (χ0v) is 8.82. The molecule has 0 bridgehead atoms. The van der Waals surface area contributed by atoms with Crippen molar-refractivity contribution in [2.45, 2.75) is 31.9 Å². The molecule has 0 unspecified atom stereocenters. The summed E-state index contributed by atoms with van der Waals surface area (Å²) in [7, 11) is 0. The third kappa shape index (κ3) is 3.75. The third-order valence-electron chi connectivity index (χ3n) is 1.87. The predicted molar refractivity (Wildman–Crippen MR) is 52.6 cm³/mol. The van der Waals surface area contributed by atoms with Gasteiger partial charge in [-0.1, -0.05) is 16.8 Å². The van der Waals surface area contributed by atoms with Crippen molar-refractivity contribution >= 4 is 28.6 Å². The summed E-state index contributed by atoms with van der Waals surface area (Å²) >= 11 is 5.57. The quantitative estimate of drug-likeness (QED) is 0.733. The molecule has 1 amide bonds. The number of rotatable bonds is 4. The highest BCUT2D eigenvalue weighted by molar-refractivity contribution is 6.65. The molecule has 0 aromatic heterocycles. The number of aliphatic carboxylic acids is 1. The standard InChI is InChI=1S/C8H11ClN2O4/c1-4(12)10-6(8(13)14)2-5-3-7(9)11-15-5/h5-6H,2-3H2,1H3,(H,10,12)(H,13,14)/t5-,6+/m0/s1. The van der Waals surface area contributed by atoms with E-state index in [4.69, 9.17) is 21.5 Å². The van der Waals surface area contributed by atoms with Crippen molar-refractivity contribution in [2.75, 3.05) is 0 Å². The van der Waals surface area contributed by atoms with Gasteiger partial charge in [-0.05, 0) is 0 Å². The molecule has 84 valence electrons. The fraction of sp³-hybridized carbons (Fsp3) is 0.625. The fourth-order valence-electron chi connectivity index (χ4n) is 1.25. The lowest BCUT2D eigenvalue weighted by Crippen LogP contribution is -2.41. The van der Waals surface area contributed by atoms with Crippen LogP contribution in [0.3, 0.4) is 0 Å². The van der Waals surface area contributed by atoms with Crippen LogP contribution in [0.2, 0.25) is 0 Å². The Kier molecular flexibility index (Phi) is 3.90. The normalized spacial score (nSPS) is 21.5. The number of nitrogens with zero attached hydrogens (tertiary/aromatic N) is 1. The van der Waals surface area contributed by atoms with Crippen LogP contribution in [-0.4, -0.2) is 34.3 Å². The highest BCUT2D eigenvalue weighted by Crippen LogP contribution is 2.17. The highest BCUT2D eigenvalue weighted by Gasteiger charge is 2.28. The summed E-state index contributed by atoms with van der Waals surface area (Å²) in [6, 6.07) is -0.967. The maximum absolute atomic E-state index is 10.8. The molecule has 0 saturated carbocycles. The molecule has 0 aromatic rings. The Morgan fingerprint density at radius 3 is 2.87 bits per heavy atom. The Morgan fingerprint density at radius 1 is 1.80 bits per heavy atom. The molecular formula is C8H11ClN2O4. The van der Waals surface area contributed by atoms with E-state index >= 15 is 0 Å². The summed E-state index contributed by atoms with van der Waals surface area (Å²) in [5.41, 5.74) is 0. The molecule has 0 radical (unpaired) electrons. The minimum absolute atomic E-state index is 0.147. The van der Waals surface area contributed by atoms with Crippen LogP contribution in [0.4, 0.5) is 0 Å². The zero-order valence-electron chi connectivity index (χ0n) is 8.07. The fourth-order valence-corrected chi connectivity index (χ4v) is 1.46. The van der Waals surface area contributed by atoms with Crippen LogP contribution < -0.4 is 5.32 Å². The van der Waals surface area contributed by atoms with E-state index in [9.17, 15) is 9.59 Å². The number of carbonyl (C=O) groups excluding carboxylic acids is 1. The summed E-state index contributed by atoms with van der Waals surface area (Å²) in [5.74, 6) is -1.50. The van der Waals surface area contributed by atoms with Crippen molar-refractivity contribution in [3.05, 3.63) is 0 Å². The van der Waals surface area contributed by atoms with Gasteiger partial charge in [0.15, 0.2) is 0 Å². The van der Waals surface area contributed by atoms with Gasteiger partial charge in [-0.2, -0.15) is 0 Å². The molecule has 2 atom stereocenters. The van der Waals surface area contributed by atoms with E-state index in [-0.39, 0.29) is 12.5 Å². The van der Waals surface area contributed by atoms with Gasteiger partial charge in [0.1, 0.15) is 17.3 Å². The van der Waals surface area contributed by atoms with E-state index in [1.807, 2.05) is 0 Å². The Bertz CT molecular complexity index is 305. The van der Waals surface area contributed by atoms with Gasteiger partial charge in [0.25, 0.3) is 0 Å². The van der Waals surface area contributed by atoms with Crippen molar-refractivity contribution < 1.29 is 19.5 Å². The number of halogens is 1. The first kappa shape index (κ1) is 11.8. The molecule has 1 aliphatic rings. The van der Waals surface area contributed by atoms with Crippen LogP contribution in [0.1, 0.15) is 19.8 Å². The lowest BCUT2D eigenvalue weighted by Gasteiger charge is -2.15. The van der Waals surface area contributed by atoms with E-state index in [1.165, 1.54) is 6.92 Å². The van der Waals surface area contributed by atoms with Gasteiger partial charge in [0, 0.05) is 19.8 Å². The molecule has 0 aromatic carbocycles. The smallest absolute Gasteiger partial charge is 0.326 e. The highest BCUT2D eigenvalue weighted by atomic mass is 35.5. The van der Waals surface area contributed by atoms with E-state index < -0.39 is 17.9 Å². The minimum Gasteiger partial charge on any atom is -0.480 e. The van der Waals surface area contributed by atoms with Crippen LogP contribution in [0.5, 0.6) is 0 Å². The van der Waals surface area contributed by atoms with Crippen LogP contribution in [0.25, 0.3) is 0 Å². The summed E-state index contributed by atoms with van der Waals surface area (Å²) in [6.45, 7) is 1.26. The Balaban J connectivity index is 2.45. The van der Waals surface area contributed by atoms with Crippen LogP contribution in [0, 0.1) is 0 Å². The van der Waals surface area contributed by atoms with E-state index in [2.05, 4.69) is 10.5 Å². The van der Waals surface area contributed by atoms with Crippen molar-refractivity contribution in [3.63, 3.8) is 0 Å². The maximum atomic E-state index is 10.8. The van der Waals surface area contributed by atoms with Gasteiger partial charge in [-0.3, -0.25) is 4.79 Å². The van der Waals surface area contributed by atoms with E-state index in [0.717, 1.165) is 0 Å². The molecular weight excluding hydrogens is 224 g/mol. The maximum Gasteiger partial charge on any atom is 0.326 e. The summed E-state index contributed by atoms with van der Waals surface area (Å²) < 4.78 is 0. The molecule has 1 rings (SSSR count). The number of carbonyl (C=O) groups is 2. The topological polar surface area (TPSA) is 88.0 Å². The second-order valence-electron chi connectivity index (χ2n) is 3.23. The van der Waals surface area contributed by atoms with Gasteiger partial charge in [-0.25, -0.2) is 4.79 Å². The monoisotopic (exact) mass is 234 g/mol. The summed E-state index contributed by atoms with van der Waals surface area (Å²) in [5, 5.41) is 14.9. The first-order valence-corrected chi connectivity index (χ1v) is 4.75. The number of carboxylic acid groups (broad SMARTS) is 1. The number of oxime groups is 1. The van der Waals surface area contributed by atoms with Gasteiger partial charge in [0.2, 0.25) is 5.91 Å². The van der Waals surface area contributed by atoms with Crippen LogP contribution in [0.15, 0.2) is 5.16 Å². The molecule has 0 saturated heterocycles. The summed E-state index contributed by atoms with van der Waals surface area (Å²) in [6.07, 6.45) is 0.143. The molecule has 0 aliphatic carbocycles. The third-order valence-corrected chi connectivity index (χ3v) is 2.09. The summed E-state index contributed by atoms with van der Waals surface area (Å²) in [4.78, 5) is 26.4. The van der Waals surface area contributed by atoms with Crippen molar-refractivity contribution in [2.24, 2.45) is 5.16 Å². The molecule has 1 aliphatic heterocycles. The SMILES string of the molecule is CC(=O)N[C@H](C[C@H]1CC(Cl)=NO1)C(=O)O. The predicted octanol–water partition coefficient (Wildman–Crippen LogP) is 0.307. The van der Waals surface area contributed by atoms with Crippen molar-refractivity contribution in [3.8, 4) is 0 Å². The molecule has 1 heterocycles. The average Bonchev–Trinajstić information content (AvgIpc) is 2.49. The van der Waals surface area contributed by atoms with Crippen molar-refractivity contribution in [1.82, 2.24) is 5.32 Å². The number of amides is 1. The Labute approximate surface area is 91.2 Å². The largest absolute Gasteiger partial charge is 0.480 e. The molecule has 0 fully saturated rings.